The van der Waals surface area contributed by atoms with Gasteiger partial charge in [0.1, 0.15) is 12.1 Å². The first-order valence-electron chi connectivity index (χ1n) is 16.6. The van der Waals surface area contributed by atoms with Crippen LogP contribution in [0.3, 0.4) is 0 Å². The van der Waals surface area contributed by atoms with E-state index in [2.05, 4.69) is 21.3 Å². The first kappa shape index (κ1) is 36.5. The van der Waals surface area contributed by atoms with E-state index < -0.39 is 36.0 Å². The summed E-state index contributed by atoms with van der Waals surface area (Å²) in [7, 11) is 0. The van der Waals surface area contributed by atoms with Crippen molar-refractivity contribution in [2.24, 2.45) is 11.5 Å². The summed E-state index contributed by atoms with van der Waals surface area (Å²) in [6, 6.07) is 34.5. The predicted molar refractivity (Wildman–Crippen MR) is 191 cm³/mol. The molecule has 4 aromatic carbocycles. The number of hydrogen-bond donors (Lipinski definition) is 6. The van der Waals surface area contributed by atoms with Crippen molar-refractivity contribution in [3.05, 3.63) is 144 Å². The first-order chi connectivity index (χ1) is 23.8. The summed E-state index contributed by atoms with van der Waals surface area (Å²) in [5.41, 5.74) is 16.0. The van der Waals surface area contributed by atoms with Crippen LogP contribution in [0.5, 0.6) is 0 Å². The number of benzene rings is 4. The molecule has 0 fully saturated rings. The van der Waals surface area contributed by atoms with Crippen LogP contribution in [0.4, 0.5) is 0 Å². The van der Waals surface area contributed by atoms with Gasteiger partial charge in [-0.05, 0) is 41.5 Å². The molecule has 0 aromatic heterocycles. The lowest BCUT2D eigenvalue weighted by atomic mass is 10.0. The standard InChI is InChI=1S/C39H46N6O4/c40-32(24-28-14-5-1-6-15-28)36(46)44-34(26-30-18-9-3-10-19-30)38(48)42-22-13-23-43-39(49)35(27-31-20-11-4-12-21-31)45-37(47)33(41)25-29-16-7-2-8-17-29/h1-12,14-21,32-35H,13,22-27,40-41H2,(H,42,48)(H,43,49)(H,44,46)(H,45,47)/t32-,33-,34+,35+/m1/s1. The van der Waals surface area contributed by atoms with Gasteiger partial charge in [0.05, 0.1) is 12.1 Å². The molecular formula is C39H46N6O4. The molecule has 4 amide bonds. The quantitative estimate of drug-likeness (QED) is 0.0894. The van der Waals surface area contributed by atoms with Gasteiger partial charge in [0, 0.05) is 25.9 Å². The number of nitrogens with two attached hydrogens (primary N) is 2. The van der Waals surface area contributed by atoms with Crippen LogP contribution in [0.15, 0.2) is 121 Å². The van der Waals surface area contributed by atoms with E-state index in [1.54, 1.807) is 0 Å². The molecule has 0 radical (unpaired) electrons. The minimum atomic E-state index is -0.836. The van der Waals surface area contributed by atoms with Gasteiger partial charge in [-0.3, -0.25) is 19.2 Å². The molecule has 0 bridgehead atoms. The highest BCUT2D eigenvalue weighted by molar-refractivity contribution is 5.91. The fraction of sp³-hybridized carbons (Fsp3) is 0.282. The van der Waals surface area contributed by atoms with Gasteiger partial charge in [-0.1, -0.05) is 121 Å². The topological polar surface area (TPSA) is 168 Å². The van der Waals surface area contributed by atoms with E-state index in [4.69, 9.17) is 11.5 Å². The van der Waals surface area contributed by atoms with Crippen LogP contribution < -0.4 is 32.7 Å². The Kier molecular flexibility index (Phi) is 14.5. The summed E-state index contributed by atoms with van der Waals surface area (Å²) >= 11 is 0. The Bertz CT molecular complexity index is 1490. The Hall–Kier alpha value is -5.32. The highest BCUT2D eigenvalue weighted by atomic mass is 16.2. The SMILES string of the molecule is N[C@H](Cc1ccccc1)C(=O)N[C@@H](Cc1ccccc1)C(=O)NCCCNC(=O)[C@H](Cc1ccccc1)NC(=O)[C@H](N)Cc1ccccc1. The van der Waals surface area contributed by atoms with Crippen LogP contribution in [-0.2, 0) is 44.9 Å². The monoisotopic (exact) mass is 662 g/mol. The minimum absolute atomic E-state index is 0.258. The Labute approximate surface area is 288 Å². The maximum Gasteiger partial charge on any atom is 0.242 e. The normalized spacial score (nSPS) is 13.3. The molecule has 0 aliphatic carbocycles. The summed E-state index contributed by atoms with van der Waals surface area (Å²) in [4.78, 5) is 52.6. The molecule has 0 heterocycles. The van der Waals surface area contributed by atoms with Crippen molar-refractivity contribution < 1.29 is 19.2 Å². The van der Waals surface area contributed by atoms with Crippen LogP contribution in [0.2, 0.25) is 0 Å². The van der Waals surface area contributed by atoms with Crippen LogP contribution in [-0.4, -0.2) is 60.9 Å². The lowest BCUT2D eigenvalue weighted by Crippen LogP contribution is -2.53. The number of nitrogens with one attached hydrogen (secondary N) is 4. The van der Waals surface area contributed by atoms with Crippen LogP contribution >= 0.6 is 0 Å². The third-order valence-corrected chi connectivity index (χ3v) is 8.05. The van der Waals surface area contributed by atoms with E-state index in [1.165, 1.54) is 0 Å². The molecule has 10 nitrogen and oxygen atoms in total. The second-order valence-electron chi connectivity index (χ2n) is 12.0. The number of hydrogen-bond acceptors (Lipinski definition) is 6. The fourth-order valence-corrected chi connectivity index (χ4v) is 5.36. The van der Waals surface area contributed by atoms with Gasteiger partial charge in [-0.25, -0.2) is 0 Å². The summed E-state index contributed by atoms with van der Waals surface area (Å²) in [5.74, 6) is -1.53. The van der Waals surface area contributed by atoms with Gasteiger partial charge in [-0.2, -0.15) is 0 Å². The van der Waals surface area contributed by atoms with Crippen molar-refractivity contribution in [1.29, 1.82) is 0 Å². The summed E-state index contributed by atoms with van der Waals surface area (Å²) in [6.45, 7) is 0.516. The van der Waals surface area contributed by atoms with E-state index in [9.17, 15) is 19.2 Å². The maximum absolute atomic E-state index is 13.3. The second-order valence-corrected chi connectivity index (χ2v) is 12.0. The Balaban J connectivity index is 1.29. The van der Waals surface area contributed by atoms with E-state index in [1.807, 2.05) is 121 Å². The summed E-state index contributed by atoms with van der Waals surface area (Å²) in [6.07, 6.45) is 1.70. The predicted octanol–water partition coefficient (Wildman–Crippen LogP) is 2.20. The molecule has 0 saturated heterocycles. The lowest BCUT2D eigenvalue weighted by molar-refractivity contribution is -0.129. The zero-order chi connectivity index (χ0) is 34.8. The molecule has 0 saturated carbocycles. The number of carbonyl (C=O) groups excluding carboxylic acids is 4. The van der Waals surface area contributed by atoms with E-state index in [-0.39, 0.29) is 24.9 Å². The second kappa shape index (κ2) is 19.5. The first-order valence-corrected chi connectivity index (χ1v) is 16.6. The number of rotatable bonds is 18. The van der Waals surface area contributed by atoms with Gasteiger partial charge >= 0.3 is 0 Å². The van der Waals surface area contributed by atoms with Gasteiger partial charge < -0.3 is 32.7 Å². The highest BCUT2D eigenvalue weighted by Crippen LogP contribution is 2.08. The van der Waals surface area contributed by atoms with Crippen LogP contribution in [0.25, 0.3) is 0 Å². The zero-order valence-electron chi connectivity index (χ0n) is 27.6. The number of amides is 4. The molecule has 0 spiro atoms. The van der Waals surface area contributed by atoms with Crippen LogP contribution in [0, 0.1) is 0 Å². The highest BCUT2D eigenvalue weighted by Gasteiger charge is 2.26. The van der Waals surface area contributed by atoms with Crippen molar-refractivity contribution in [1.82, 2.24) is 21.3 Å². The molecule has 0 aliphatic heterocycles. The van der Waals surface area contributed by atoms with Gasteiger partial charge in [0.25, 0.3) is 0 Å². The molecule has 49 heavy (non-hydrogen) atoms. The maximum atomic E-state index is 13.3. The van der Waals surface area contributed by atoms with Crippen LogP contribution in [0.1, 0.15) is 28.7 Å². The molecular weight excluding hydrogens is 616 g/mol. The zero-order valence-corrected chi connectivity index (χ0v) is 27.6. The lowest BCUT2D eigenvalue weighted by Gasteiger charge is -2.22. The van der Waals surface area contributed by atoms with Crippen molar-refractivity contribution in [2.45, 2.75) is 56.3 Å². The van der Waals surface area contributed by atoms with E-state index in [0.29, 0.717) is 32.1 Å². The average Bonchev–Trinajstić information content (AvgIpc) is 3.12. The fourth-order valence-electron chi connectivity index (χ4n) is 5.36. The molecule has 4 rings (SSSR count). The van der Waals surface area contributed by atoms with Crippen molar-refractivity contribution in [3.63, 3.8) is 0 Å². The Morgan fingerprint density at radius 1 is 0.429 bits per heavy atom. The van der Waals surface area contributed by atoms with Crippen molar-refractivity contribution in [3.8, 4) is 0 Å². The third-order valence-electron chi connectivity index (χ3n) is 8.05. The van der Waals surface area contributed by atoms with Crippen molar-refractivity contribution >= 4 is 23.6 Å². The van der Waals surface area contributed by atoms with Gasteiger partial charge in [-0.15, -0.1) is 0 Å². The summed E-state index contributed by atoms with van der Waals surface area (Å²) in [5, 5.41) is 11.4. The van der Waals surface area contributed by atoms with Gasteiger partial charge in [0.15, 0.2) is 0 Å². The van der Waals surface area contributed by atoms with E-state index in [0.717, 1.165) is 22.3 Å². The molecule has 8 N–H and O–H groups in total. The Morgan fingerprint density at radius 2 is 0.714 bits per heavy atom. The smallest absolute Gasteiger partial charge is 0.242 e. The van der Waals surface area contributed by atoms with Crippen molar-refractivity contribution in [2.75, 3.05) is 13.1 Å². The molecule has 256 valence electrons. The molecule has 0 unspecified atom stereocenters. The molecule has 4 aromatic rings. The third kappa shape index (κ3) is 12.7. The molecule has 4 atom stereocenters. The molecule has 10 heteroatoms. The number of carbonyl (C=O) groups is 4. The largest absolute Gasteiger partial charge is 0.354 e. The Morgan fingerprint density at radius 3 is 1.02 bits per heavy atom. The average molecular weight is 663 g/mol. The van der Waals surface area contributed by atoms with E-state index >= 15 is 0 Å². The summed E-state index contributed by atoms with van der Waals surface area (Å²) < 4.78 is 0. The molecule has 0 aliphatic rings. The minimum Gasteiger partial charge on any atom is -0.354 e. The van der Waals surface area contributed by atoms with Gasteiger partial charge in [0.2, 0.25) is 23.6 Å².